The summed E-state index contributed by atoms with van der Waals surface area (Å²) in [5.74, 6) is -0.597. The van der Waals surface area contributed by atoms with Crippen molar-refractivity contribution >= 4 is 49.8 Å². The average molecular weight is 371 g/mol. The van der Waals surface area contributed by atoms with Gasteiger partial charge < -0.3 is 0 Å². The molecule has 118 valence electrons. The van der Waals surface area contributed by atoms with Crippen LogP contribution in [0.25, 0.3) is 10.9 Å². The summed E-state index contributed by atoms with van der Waals surface area (Å²) in [7, 11) is -4.00. The first-order chi connectivity index (χ1) is 10.9. The minimum absolute atomic E-state index is 0.0208. The Morgan fingerprint density at radius 3 is 2.65 bits per heavy atom. The quantitative estimate of drug-likeness (QED) is 0.739. The normalized spacial score (nSPS) is 11.6. The van der Waals surface area contributed by atoms with Crippen LogP contribution in [0, 0.1) is 5.82 Å². The Morgan fingerprint density at radius 2 is 1.87 bits per heavy atom. The van der Waals surface area contributed by atoms with E-state index in [1.807, 2.05) is 0 Å². The van der Waals surface area contributed by atoms with E-state index < -0.39 is 15.8 Å². The number of aromatic nitrogens is 1. The van der Waals surface area contributed by atoms with Crippen molar-refractivity contribution in [3.8, 4) is 0 Å². The third-order valence-electron chi connectivity index (χ3n) is 3.14. The molecule has 1 heterocycles. The van der Waals surface area contributed by atoms with Crippen LogP contribution in [0.2, 0.25) is 10.0 Å². The Bertz CT molecular complexity index is 1010. The number of fused-ring (bicyclic) bond motifs is 1. The van der Waals surface area contributed by atoms with Gasteiger partial charge in [-0.05, 0) is 42.5 Å². The lowest BCUT2D eigenvalue weighted by Gasteiger charge is -2.12. The summed E-state index contributed by atoms with van der Waals surface area (Å²) in [6, 6.07) is 9.67. The second-order valence-corrected chi connectivity index (χ2v) is 7.17. The molecule has 8 heteroatoms. The number of sulfonamides is 1. The van der Waals surface area contributed by atoms with Crippen molar-refractivity contribution in [1.29, 1.82) is 0 Å². The van der Waals surface area contributed by atoms with Gasteiger partial charge in [0.15, 0.2) is 0 Å². The average Bonchev–Trinajstić information content (AvgIpc) is 2.51. The molecular formula is C15H9Cl2FN2O2S. The van der Waals surface area contributed by atoms with Crippen LogP contribution >= 0.6 is 23.2 Å². The first kappa shape index (κ1) is 16.0. The van der Waals surface area contributed by atoms with Gasteiger partial charge in [0, 0.05) is 16.6 Å². The predicted octanol–water partition coefficient (Wildman–Crippen LogP) is 4.48. The van der Waals surface area contributed by atoms with Gasteiger partial charge in [0.1, 0.15) is 11.3 Å². The molecule has 0 amide bonds. The van der Waals surface area contributed by atoms with Crippen LogP contribution in [0.15, 0.2) is 53.6 Å². The lowest BCUT2D eigenvalue weighted by Crippen LogP contribution is -2.14. The highest BCUT2D eigenvalue weighted by Gasteiger charge is 2.20. The fourth-order valence-corrected chi connectivity index (χ4v) is 3.78. The molecule has 1 aromatic heterocycles. The summed E-state index contributed by atoms with van der Waals surface area (Å²) in [5, 5.41) is 0.707. The molecule has 1 N–H and O–H groups in total. The summed E-state index contributed by atoms with van der Waals surface area (Å²) in [4.78, 5) is 3.78. The second kappa shape index (κ2) is 5.96. The summed E-state index contributed by atoms with van der Waals surface area (Å²) < 4.78 is 41.4. The van der Waals surface area contributed by atoms with Gasteiger partial charge in [-0.2, -0.15) is 0 Å². The molecule has 3 rings (SSSR count). The van der Waals surface area contributed by atoms with E-state index in [0.717, 1.165) is 6.07 Å². The van der Waals surface area contributed by atoms with Crippen molar-refractivity contribution in [2.24, 2.45) is 0 Å². The van der Waals surface area contributed by atoms with Crippen molar-refractivity contribution in [3.63, 3.8) is 0 Å². The van der Waals surface area contributed by atoms with Gasteiger partial charge in [-0.25, -0.2) is 12.8 Å². The molecule has 0 saturated carbocycles. The van der Waals surface area contributed by atoms with E-state index in [0.29, 0.717) is 5.02 Å². The summed E-state index contributed by atoms with van der Waals surface area (Å²) in [6.45, 7) is 0. The number of nitrogens with zero attached hydrogens (tertiary/aromatic N) is 1. The van der Waals surface area contributed by atoms with E-state index >= 15 is 0 Å². The highest BCUT2D eigenvalue weighted by Crippen LogP contribution is 2.30. The fraction of sp³-hybridized carbons (Fsp3) is 0. The molecule has 0 atom stereocenters. The van der Waals surface area contributed by atoms with Crippen LogP contribution in [-0.4, -0.2) is 13.4 Å². The number of hydrogen-bond donors (Lipinski definition) is 1. The van der Waals surface area contributed by atoms with Crippen LogP contribution in [-0.2, 0) is 10.0 Å². The van der Waals surface area contributed by atoms with Gasteiger partial charge >= 0.3 is 0 Å². The van der Waals surface area contributed by atoms with Crippen molar-refractivity contribution in [2.75, 3.05) is 4.72 Å². The summed E-state index contributed by atoms with van der Waals surface area (Å²) in [6.07, 6.45) is 1.39. The lowest BCUT2D eigenvalue weighted by molar-refractivity contribution is 0.601. The Kier molecular flexibility index (Phi) is 4.14. The molecule has 0 spiro atoms. The molecule has 0 radical (unpaired) electrons. The fourth-order valence-electron chi connectivity index (χ4n) is 2.12. The van der Waals surface area contributed by atoms with Crippen molar-refractivity contribution < 1.29 is 12.8 Å². The van der Waals surface area contributed by atoms with E-state index in [1.165, 1.54) is 36.5 Å². The zero-order valence-corrected chi connectivity index (χ0v) is 13.8. The SMILES string of the molecule is O=S(=O)(Nc1cc(Cl)ccc1Cl)c1ccc(F)c2ncccc12. The standard InChI is InChI=1S/C15H9Cl2FN2O2S/c16-9-3-4-11(17)13(8-9)20-23(21,22)14-6-5-12(18)15-10(14)2-1-7-19-15/h1-8,20H. The van der Waals surface area contributed by atoms with Crippen LogP contribution in [0.5, 0.6) is 0 Å². The van der Waals surface area contributed by atoms with E-state index in [1.54, 1.807) is 6.07 Å². The maximum Gasteiger partial charge on any atom is 0.262 e. The van der Waals surface area contributed by atoms with Crippen molar-refractivity contribution in [2.45, 2.75) is 4.90 Å². The smallest absolute Gasteiger partial charge is 0.262 e. The molecule has 4 nitrogen and oxygen atoms in total. The number of anilines is 1. The zero-order chi connectivity index (χ0) is 16.6. The molecule has 2 aromatic carbocycles. The minimum atomic E-state index is -4.00. The molecule has 23 heavy (non-hydrogen) atoms. The molecule has 0 bridgehead atoms. The molecule has 0 saturated heterocycles. The van der Waals surface area contributed by atoms with Gasteiger partial charge in [-0.3, -0.25) is 9.71 Å². The van der Waals surface area contributed by atoms with Gasteiger partial charge in [0.2, 0.25) is 0 Å². The third kappa shape index (κ3) is 3.10. The third-order valence-corrected chi connectivity index (χ3v) is 5.13. The van der Waals surface area contributed by atoms with Gasteiger partial charge in [-0.15, -0.1) is 0 Å². The maximum absolute atomic E-state index is 13.8. The number of hydrogen-bond acceptors (Lipinski definition) is 3. The number of benzene rings is 2. The Balaban J connectivity index is 2.14. The number of pyridine rings is 1. The van der Waals surface area contributed by atoms with E-state index in [-0.39, 0.29) is 26.5 Å². The Labute approximate surface area is 141 Å². The highest BCUT2D eigenvalue weighted by atomic mass is 35.5. The van der Waals surface area contributed by atoms with Crippen LogP contribution in [0.1, 0.15) is 0 Å². The Hall–Kier alpha value is -1.89. The molecule has 3 aromatic rings. The molecule has 0 aliphatic rings. The largest absolute Gasteiger partial charge is 0.278 e. The first-order valence-corrected chi connectivity index (χ1v) is 8.63. The number of nitrogens with one attached hydrogen (secondary N) is 1. The van der Waals surface area contributed by atoms with Crippen molar-refractivity contribution in [1.82, 2.24) is 4.98 Å². The molecular weight excluding hydrogens is 362 g/mol. The molecule has 0 fully saturated rings. The molecule has 0 unspecified atom stereocenters. The Morgan fingerprint density at radius 1 is 1.09 bits per heavy atom. The molecule has 0 aliphatic carbocycles. The topological polar surface area (TPSA) is 59.1 Å². The second-order valence-electron chi connectivity index (χ2n) is 4.67. The first-order valence-electron chi connectivity index (χ1n) is 6.39. The van der Waals surface area contributed by atoms with Crippen LogP contribution < -0.4 is 4.72 Å². The van der Waals surface area contributed by atoms with E-state index in [2.05, 4.69) is 9.71 Å². The summed E-state index contributed by atoms with van der Waals surface area (Å²) in [5.41, 5.74) is 0.119. The molecule has 0 aliphatic heterocycles. The predicted molar refractivity (Wildman–Crippen MR) is 89.0 cm³/mol. The number of rotatable bonds is 3. The van der Waals surface area contributed by atoms with E-state index in [4.69, 9.17) is 23.2 Å². The van der Waals surface area contributed by atoms with Crippen LogP contribution in [0.3, 0.4) is 0 Å². The van der Waals surface area contributed by atoms with Gasteiger partial charge in [0.05, 0.1) is 15.6 Å². The summed E-state index contributed by atoms with van der Waals surface area (Å²) >= 11 is 11.8. The maximum atomic E-state index is 13.8. The van der Waals surface area contributed by atoms with Gasteiger partial charge in [0.25, 0.3) is 10.0 Å². The lowest BCUT2D eigenvalue weighted by atomic mass is 10.2. The number of halogens is 3. The minimum Gasteiger partial charge on any atom is -0.278 e. The highest BCUT2D eigenvalue weighted by molar-refractivity contribution is 7.93. The van der Waals surface area contributed by atoms with E-state index in [9.17, 15) is 12.8 Å². The zero-order valence-electron chi connectivity index (χ0n) is 11.4. The van der Waals surface area contributed by atoms with Gasteiger partial charge in [-0.1, -0.05) is 23.2 Å². The van der Waals surface area contributed by atoms with Crippen LogP contribution in [0.4, 0.5) is 10.1 Å². The van der Waals surface area contributed by atoms with Crippen molar-refractivity contribution in [3.05, 3.63) is 64.5 Å². The monoisotopic (exact) mass is 370 g/mol.